The van der Waals surface area contributed by atoms with Gasteiger partial charge in [-0.15, -0.1) is 0 Å². The van der Waals surface area contributed by atoms with E-state index in [4.69, 9.17) is 0 Å². The van der Waals surface area contributed by atoms with Crippen molar-refractivity contribution in [3.63, 3.8) is 0 Å². The summed E-state index contributed by atoms with van der Waals surface area (Å²) >= 11 is 0. The molecule has 14 heavy (non-hydrogen) atoms. The Bertz CT molecular complexity index is 318. The van der Waals surface area contributed by atoms with Crippen LogP contribution in [0.25, 0.3) is 0 Å². The van der Waals surface area contributed by atoms with Gasteiger partial charge in [0.1, 0.15) is 11.6 Å². The highest BCUT2D eigenvalue weighted by molar-refractivity contribution is 5.37. The van der Waals surface area contributed by atoms with Crippen molar-refractivity contribution >= 4 is 5.82 Å². The molecule has 1 heterocycles. The van der Waals surface area contributed by atoms with Crippen LogP contribution < -0.4 is 5.32 Å². The Labute approximate surface area is 85.0 Å². The Balaban J connectivity index is 2.13. The van der Waals surface area contributed by atoms with Crippen molar-refractivity contribution in [2.45, 2.75) is 39.0 Å². The van der Waals surface area contributed by atoms with E-state index in [1.54, 1.807) is 0 Å². The molecule has 0 amide bonds. The molecule has 0 saturated heterocycles. The predicted octanol–water partition coefficient (Wildman–Crippen LogP) is 2.48. The molecule has 2 rings (SSSR count). The highest BCUT2D eigenvalue weighted by atomic mass is 15.0. The van der Waals surface area contributed by atoms with Crippen molar-refractivity contribution in [3.05, 3.63) is 17.6 Å². The van der Waals surface area contributed by atoms with Crippen LogP contribution in [0, 0.1) is 6.92 Å². The molecule has 0 aliphatic heterocycles. The Morgan fingerprint density at radius 2 is 2.21 bits per heavy atom. The van der Waals surface area contributed by atoms with E-state index in [2.05, 4.69) is 28.3 Å². The lowest BCUT2D eigenvalue weighted by atomic mass is 10.2. The van der Waals surface area contributed by atoms with Crippen LogP contribution in [-0.4, -0.2) is 16.5 Å². The normalized spacial score (nSPS) is 15.6. The van der Waals surface area contributed by atoms with Crippen LogP contribution in [0.5, 0.6) is 0 Å². The summed E-state index contributed by atoms with van der Waals surface area (Å²) in [7, 11) is 0. The maximum Gasteiger partial charge on any atom is 0.129 e. The van der Waals surface area contributed by atoms with E-state index in [9.17, 15) is 0 Å². The number of anilines is 1. The number of hydrogen-bond donors (Lipinski definition) is 1. The Morgan fingerprint density at radius 1 is 1.43 bits per heavy atom. The SMILES string of the molecule is CCCNc1cc(C2CC2)nc(C)n1. The van der Waals surface area contributed by atoms with Gasteiger partial charge in [-0.3, -0.25) is 0 Å². The van der Waals surface area contributed by atoms with Gasteiger partial charge in [-0.1, -0.05) is 6.92 Å². The van der Waals surface area contributed by atoms with E-state index in [1.165, 1.54) is 18.5 Å². The molecule has 1 aromatic heterocycles. The quantitative estimate of drug-likeness (QED) is 0.794. The van der Waals surface area contributed by atoms with Crippen molar-refractivity contribution in [1.82, 2.24) is 9.97 Å². The topological polar surface area (TPSA) is 37.8 Å². The fraction of sp³-hybridized carbons (Fsp3) is 0.636. The zero-order valence-corrected chi connectivity index (χ0v) is 8.88. The molecule has 1 N–H and O–H groups in total. The van der Waals surface area contributed by atoms with E-state index in [1.807, 2.05) is 6.92 Å². The van der Waals surface area contributed by atoms with Crippen LogP contribution in [0.15, 0.2) is 6.07 Å². The number of rotatable bonds is 4. The van der Waals surface area contributed by atoms with Gasteiger partial charge < -0.3 is 5.32 Å². The molecule has 0 unspecified atom stereocenters. The van der Waals surface area contributed by atoms with Crippen molar-refractivity contribution < 1.29 is 0 Å². The molecule has 0 bridgehead atoms. The Morgan fingerprint density at radius 3 is 2.86 bits per heavy atom. The molecule has 1 fully saturated rings. The third-order valence-corrected chi connectivity index (χ3v) is 2.41. The van der Waals surface area contributed by atoms with Crippen LogP contribution in [0.2, 0.25) is 0 Å². The van der Waals surface area contributed by atoms with Crippen LogP contribution in [0.3, 0.4) is 0 Å². The third kappa shape index (κ3) is 2.22. The number of aromatic nitrogens is 2. The molecule has 1 aromatic rings. The predicted molar refractivity (Wildman–Crippen MR) is 57.5 cm³/mol. The van der Waals surface area contributed by atoms with Crippen LogP contribution in [0.4, 0.5) is 5.82 Å². The van der Waals surface area contributed by atoms with Crippen molar-refractivity contribution in [1.29, 1.82) is 0 Å². The molecule has 1 aliphatic carbocycles. The first-order valence-electron chi connectivity index (χ1n) is 5.39. The van der Waals surface area contributed by atoms with Gasteiger partial charge in [0.05, 0.1) is 0 Å². The van der Waals surface area contributed by atoms with Crippen molar-refractivity contribution in [2.24, 2.45) is 0 Å². The first-order valence-corrected chi connectivity index (χ1v) is 5.39. The van der Waals surface area contributed by atoms with Gasteiger partial charge in [0.25, 0.3) is 0 Å². The van der Waals surface area contributed by atoms with Gasteiger partial charge in [0.2, 0.25) is 0 Å². The zero-order chi connectivity index (χ0) is 9.97. The fourth-order valence-corrected chi connectivity index (χ4v) is 1.52. The Hall–Kier alpha value is -1.12. The lowest BCUT2D eigenvalue weighted by Gasteiger charge is -2.06. The second-order valence-corrected chi connectivity index (χ2v) is 3.93. The summed E-state index contributed by atoms with van der Waals surface area (Å²) in [6.45, 7) is 5.10. The fourth-order valence-electron chi connectivity index (χ4n) is 1.52. The minimum atomic E-state index is 0.707. The number of nitrogens with one attached hydrogen (secondary N) is 1. The summed E-state index contributed by atoms with van der Waals surface area (Å²) in [5, 5.41) is 3.31. The lowest BCUT2D eigenvalue weighted by Crippen LogP contribution is -2.05. The molecule has 3 heteroatoms. The molecule has 1 saturated carbocycles. The third-order valence-electron chi connectivity index (χ3n) is 2.41. The average molecular weight is 191 g/mol. The molecule has 0 aromatic carbocycles. The summed E-state index contributed by atoms with van der Waals surface area (Å²) in [6.07, 6.45) is 3.72. The summed E-state index contributed by atoms with van der Waals surface area (Å²) in [5.41, 5.74) is 1.22. The summed E-state index contributed by atoms with van der Waals surface area (Å²) in [6, 6.07) is 2.10. The van der Waals surface area contributed by atoms with Crippen molar-refractivity contribution in [3.8, 4) is 0 Å². The Kier molecular flexibility index (Phi) is 2.66. The van der Waals surface area contributed by atoms with Gasteiger partial charge in [0, 0.05) is 24.2 Å². The molecular weight excluding hydrogens is 174 g/mol. The number of nitrogens with zero attached hydrogens (tertiary/aromatic N) is 2. The smallest absolute Gasteiger partial charge is 0.129 e. The molecule has 3 nitrogen and oxygen atoms in total. The highest BCUT2D eigenvalue weighted by Gasteiger charge is 2.25. The highest BCUT2D eigenvalue weighted by Crippen LogP contribution is 2.39. The molecule has 0 atom stereocenters. The number of aryl methyl sites for hydroxylation is 1. The van der Waals surface area contributed by atoms with E-state index in [0.29, 0.717) is 5.92 Å². The van der Waals surface area contributed by atoms with Crippen LogP contribution in [0.1, 0.15) is 43.6 Å². The van der Waals surface area contributed by atoms with Gasteiger partial charge in [-0.2, -0.15) is 0 Å². The maximum atomic E-state index is 4.45. The van der Waals surface area contributed by atoms with Gasteiger partial charge >= 0.3 is 0 Å². The number of hydrogen-bond acceptors (Lipinski definition) is 3. The second-order valence-electron chi connectivity index (χ2n) is 3.93. The monoisotopic (exact) mass is 191 g/mol. The van der Waals surface area contributed by atoms with Crippen LogP contribution >= 0.6 is 0 Å². The van der Waals surface area contributed by atoms with Gasteiger partial charge in [-0.25, -0.2) is 9.97 Å². The van der Waals surface area contributed by atoms with Gasteiger partial charge in [0.15, 0.2) is 0 Å². The van der Waals surface area contributed by atoms with Crippen molar-refractivity contribution in [2.75, 3.05) is 11.9 Å². The summed E-state index contributed by atoms with van der Waals surface area (Å²) < 4.78 is 0. The average Bonchev–Trinajstić information content (AvgIpc) is 2.97. The van der Waals surface area contributed by atoms with E-state index in [0.717, 1.165) is 24.6 Å². The standard InChI is InChI=1S/C11H17N3/c1-3-6-12-11-7-10(9-4-5-9)13-8(2)14-11/h7,9H,3-6H2,1-2H3,(H,12,13,14). The summed E-state index contributed by atoms with van der Waals surface area (Å²) in [5.74, 6) is 2.58. The molecule has 76 valence electrons. The van der Waals surface area contributed by atoms with E-state index in [-0.39, 0.29) is 0 Å². The van der Waals surface area contributed by atoms with Crippen LogP contribution in [-0.2, 0) is 0 Å². The maximum absolute atomic E-state index is 4.45. The lowest BCUT2D eigenvalue weighted by molar-refractivity contribution is 0.917. The zero-order valence-electron chi connectivity index (χ0n) is 8.88. The van der Waals surface area contributed by atoms with Gasteiger partial charge in [-0.05, 0) is 26.2 Å². The molecule has 1 aliphatic rings. The summed E-state index contributed by atoms with van der Waals surface area (Å²) in [4.78, 5) is 8.81. The largest absolute Gasteiger partial charge is 0.370 e. The molecule has 0 radical (unpaired) electrons. The first kappa shape index (κ1) is 9.44. The minimum absolute atomic E-state index is 0.707. The molecular formula is C11H17N3. The van der Waals surface area contributed by atoms with E-state index < -0.39 is 0 Å². The second kappa shape index (κ2) is 3.95. The first-order chi connectivity index (χ1) is 6.79. The molecule has 0 spiro atoms. The van der Waals surface area contributed by atoms with E-state index >= 15 is 0 Å². The minimum Gasteiger partial charge on any atom is -0.370 e.